The van der Waals surface area contributed by atoms with Crippen molar-refractivity contribution >= 4 is 5.70 Å². The molecule has 0 saturated heterocycles. The van der Waals surface area contributed by atoms with Crippen LogP contribution in [0.2, 0.25) is 0 Å². The van der Waals surface area contributed by atoms with Gasteiger partial charge in [0.2, 0.25) is 0 Å². The standard InChI is InChI=1S/C23H20N2.Ir/c1-17-22(25(2)23(24-17)21-11-7-4-8-12-21)20-15-13-19(14-16-20)18-9-5-3-6-10-18;/h3-11,13-16,23H,1-2H3;/q-2;. The quantitative estimate of drug-likeness (QED) is 0.399. The first-order chi connectivity index (χ1) is 12.2. The van der Waals surface area contributed by atoms with Crippen LogP contribution in [0, 0.1) is 6.07 Å². The number of nitrogens with zero attached hydrogens (tertiary/aromatic N) is 2. The van der Waals surface area contributed by atoms with Crippen molar-refractivity contribution in [2.45, 2.75) is 13.1 Å². The summed E-state index contributed by atoms with van der Waals surface area (Å²) in [6.07, 6.45) is 0.00463. The molecule has 2 nitrogen and oxygen atoms in total. The van der Waals surface area contributed by atoms with E-state index in [-0.39, 0.29) is 26.3 Å². The molecule has 1 aliphatic rings. The predicted octanol–water partition coefficient (Wildman–Crippen LogP) is 5.86. The van der Waals surface area contributed by atoms with Gasteiger partial charge in [-0.05, 0) is 22.9 Å². The Kier molecular flexibility index (Phi) is 5.61. The molecule has 3 aromatic rings. The van der Waals surface area contributed by atoms with Gasteiger partial charge in [0.1, 0.15) is 0 Å². The second kappa shape index (κ2) is 7.90. The van der Waals surface area contributed by atoms with Gasteiger partial charge in [-0.2, -0.15) is 35.9 Å². The van der Waals surface area contributed by atoms with Crippen molar-refractivity contribution in [3.8, 4) is 11.1 Å². The van der Waals surface area contributed by atoms with Gasteiger partial charge in [0.05, 0.1) is 0 Å². The topological polar surface area (TPSA) is 17.3 Å². The second-order valence-electron chi connectivity index (χ2n) is 6.31. The minimum atomic E-state index is 0. The second-order valence-corrected chi connectivity index (χ2v) is 6.31. The van der Waals surface area contributed by atoms with Crippen LogP contribution in [0.25, 0.3) is 22.1 Å². The fourth-order valence-corrected chi connectivity index (χ4v) is 3.42. The number of allylic oxidation sites excluding steroid dienone is 1. The number of rotatable bonds is 3. The Hall–Kier alpha value is -2.35. The third kappa shape index (κ3) is 3.46. The van der Waals surface area contributed by atoms with Gasteiger partial charge in [0.15, 0.2) is 0 Å². The Bertz CT molecular complexity index is 887. The SMILES string of the molecule is CC1=C(c2ccc(-c3ccccc3)cc2)N(C)C(c2[c-]cccc2)[N-]1.[Ir]. The zero-order valence-electron chi connectivity index (χ0n) is 14.8. The van der Waals surface area contributed by atoms with Gasteiger partial charge >= 0.3 is 0 Å². The van der Waals surface area contributed by atoms with E-state index in [0.29, 0.717) is 0 Å². The molecular formula is C23H20IrN2-2. The molecule has 3 heteroatoms. The van der Waals surface area contributed by atoms with E-state index < -0.39 is 0 Å². The van der Waals surface area contributed by atoms with Crippen molar-refractivity contribution in [2.75, 3.05) is 7.05 Å². The van der Waals surface area contributed by atoms with Crippen LogP contribution in [0.3, 0.4) is 0 Å². The summed E-state index contributed by atoms with van der Waals surface area (Å²) in [5.74, 6) is 0. The van der Waals surface area contributed by atoms with Gasteiger partial charge in [-0.15, -0.1) is 5.70 Å². The summed E-state index contributed by atoms with van der Waals surface area (Å²) in [7, 11) is 2.10. The largest absolute Gasteiger partial charge is 0.665 e. The van der Waals surface area contributed by atoms with E-state index in [0.717, 1.165) is 11.3 Å². The van der Waals surface area contributed by atoms with Crippen LogP contribution in [-0.4, -0.2) is 11.9 Å². The molecule has 0 spiro atoms. The molecule has 3 aromatic carbocycles. The maximum Gasteiger partial charge on any atom is 0.0234 e. The molecule has 0 aromatic heterocycles. The summed E-state index contributed by atoms with van der Waals surface area (Å²) in [6.45, 7) is 2.08. The zero-order chi connectivity index (χ0) is 17.2. The van der Waals surface area contributed by atoms with Crippen molar-refractivity contribution in [3.63, 3.8) is 0 Å². The van der Waals surface area contributed by atoms with Crippen LogP contribution in [0.4, 0.5) is 0 Å². The van der Waals surface area contributed by atoms with E-state index in [1.165, 1.54) is 22.4 Å². The first-order valence-electron chi connectivity index (χ1n) is 8.51. The van der Waals surface area contributed by atoms with Crippen LogP contribution >= 0.6 is 0 Å². The number of hydrogen-bond acceptors (Lipinski definition) is 1. The molecule has 4 rings (SSSR count). The molecule has 1 unspecified atom stereocenters. The smallest absolute Gasteiger partial charge is 0.0234 e. The normalized spacial score (nSPS) is 16.2. The molecular weight excluding hydrogens is 496 g/mol. The molecule has 0 aliphatic carbocycles. The molecule has 26 heavy (non-hydrogen) atoms. The van der Waals surface area contributed by atoms with Crippen LogP contribution in [0.15, 0.2) is 84.6 Å². The molecule has 0 bridgehead atoms. The monoisotopic (exact) mass is 517 g/mol. The third-order valence-electron chi connectivity index (χ3n) is 4.65. The van der Waals surface area contributed by atoms with Gasteiger partial charge in [-0.25, -0.2) is 0 Å². The Morgan fingerprint density at radius 3 is 2.08 bits per heavy atom. The van der Waals surface area contributed by atoms with Gasteiger partial charge in [0.25, 0.3) is 0 Å². The van der Waals surface area contributed by atoms with Crippen LogP contribution in [0.5, 0.6) is 0 Å². The Labute approximate surface area is 168 Å². The molecule has 0 fully saturated rings. The minimum Gasteiger partial charge on any atom is -0.665 e. The van der Waals surface area contributed by atoms with Gasteiger partial charge < -0.3 is 10.2 Å². The van der Waals surface area contributed by atoms with Crippen molar-refractivity contribution in [1.82, 2.24) is 4.90 Å². The van der Waals surface area contributed by atoms with Crippen molar-refractivity contribution in [3.05, 3.63) is 107 Å². The maximum atomic E-state index is 4.85. The average Bonchev–Trinajstić information content (AvgIpc) is 2.98. The summed E-state index contributed by atoms with van der Waals surface area (Å²) in [6, 6.07) is 30.5. The van der Waals surface area contributed by atoms with Crippen LogP contribution in [0.1, 0.15) is 24.2 Å². The zero-order valence-corrected chi connectivity index (χ0v) is 17.2. The Morgan fingerprint density at radius 2 is 1.42 bits per heavy atom. The predicted molar refractivity (Wildman–Crippen MR) is 104 cm³/mol. The Morgan fingerprint density at radius 1 is 0.808 bits per heavy atom. The number of benzene rings is 3. The molecule has 1 atom stereocenters. The van der Waals surface area contributed by atoms with Crippen LogP contribution in [-0.2, 0) is 20.1 Å². The molecule has 1 radical (unpaired) electrons. The molecule has 133 valence electrons. The number of hydrogen-bond donors (Lipinski definition) is 0. The molecule has 0 saturated carbocycles. The first-order valence-corrected chi connectivity index (χ1v) is 8.51. The van der Waals surface area contributed by atoms with Gasteiger partial charge in [-0.1, -0.05) is 61.5 Å². The molecule has 1 aliphatic heterocycles. The van der Waals surface area contributed by atoms with E-state index in [1.807, 2.05) is 24.3 Å². The van der Waals surface area contributed by atoms with Gasteiger partial charge in [0, 0.05) is 32.9 Å². The van der Waals surface area contributed by atoms with E-state index in [1.54, 1.807) is 0 Å². The third-order valence-corrected chi connectivity index (χ3v) is 4.65. The summed E-state index contributed by atoms with van der Waals surface area (Å²) >= 11 is 0. The van der Waals surface area contributed by atoms with Crippen molar-refractivity contribution in [2.24, 2.45) is 0 Å². The van der Waals surface area contributed by atoms with E-state index in [2.05, 4.69) is 79.5 Å². The average molecular weight is 517 g/mol. The first kappa shape index (κ1) is 18.4. The van der Waals surface area contributed by atoms with E-state index in [9.17, 15) is 0 Å². The maximum absolute atomic E-state index is 4.85. The molecule has 1 heterocycles. The van der Waals surface area contributed by atoms with Crippen LogP contribution < -0.4 is 0 Å². The minimum absolute atomic E-state index is 0. The van der Waals surface area contributed by atoms with E-state index >= 15 is 0 Å². The summed E-state index contributed by atoms with van der Waals surface area (Å²) in [4.78, 5) is 2.23. The fourth-order valence-electron chi connectivity index (χ4n) is 3.42. The molecule has 0 N–H and O–H groups in total. The summed E-state index contributed by atoms with van der Waals surface area (Å²) in [5.41, 5.74) is 7.01. The van der Waals surface area contributed by atoms with Crippen molar-refractivity contribution < 1.29 is 20.1 Å². The van der Waals surface area contributed by atoms with E-state index in [4.69, 9.17) is 5.32 Å². The Balaban J connectivity index is 0.00000196. The molecule has 0 amide bonds. The van der Waals surface area contributed by atoms with Gasteiger partial charge in [-0.3, -0.25) is 0 Å². The van der Waals surface area contributed by atoms with Crippen molar-refractivity contribution in [1.29, 1.82) is 0 Å². The summed E-state index contributed by atoms with van der Waals surface area (Å²) < 4.78 is 0. The summed E-state index contributed by atoms with van der Waals surface area (Å²) in [5, 5.41) is 4.85. The fraction of sp³-hybridized carbons (Fsp3) is 0.130.